The lowest BCUT2D eigenvalue weighted by Crippen LogP contribution is -2.28. The third-order valence-electron chi connectivity index (χ3n) is 3.24. The Hall–Kier alpha value is -0.860. The molecule has 1 atom stereocenters. The van der Waals surface area contributed by atoms with Crippen molar-refractivity contribution in [1.29, 1.82) is 0 Å². The minimum absolute atomic E-state index is 0.00845. The van der Waals surface area contributed by atoms with Gasteiger partial charge >= 0.3 is 5.97 Å². The molecule has 1 rings (SSSR count). The molecule has 0 saturated heterocycles. The second-order valence-electron chi connectivity index (χ2n) is 6.43. The van der Waals surface area contributed by atoms with Crippen molar-refractivity contribution in [1.82, 2.24) is 0 Å². The van der Waals surface area contributed by atoms with E-state index in [1.54, 1.807) is 0 Å². The van der Waals surface area contributed by atoms with Crippen LogP contribution in [0.5, 0.6) is 0 Å². The van der Waals surface area contributed by atoms with Crippen LogP contribution in [-0.2, 0) is 14.3 Å². The Labute approximate surface area is 97.5 Å². The molecule has 0 spiro atoms. The molecule has 0 aromatic heterocycles. The van der Waals surface area contributed by atoms with Crippen molar-refractivity contribution in [3.05, 3.63) is 0 Å². The summed E-state index contributed by atoms with van der Waals surface area (Å²) >= 11 is 0. The number of methoxy groups -OCH3 is 1. The van der Waals surface area contributed by atoms with Crippen molar-refractivity contribution in [2.45, 2.75) is 47.0 Å². The quantitative estimate of drug-likeness (QED) is 0.392. The predicted molar refractivity (Wildman–Crippen MR) is 61.9 cm³/mol. The maximum atomic E-state index is 12.0. The van der Waals surface area contributed by atoms with E-state index >= 15 is 0 Å². The van der Waals surface area contributed by atoms with Gasteiger partial charge in [-0.15, -0.1) is 0 Å². The second-order valence-corrected chi connectivity index (χ2v) is 6.43. The van der Waals surface area contributed by atoms with Crippen LogP contribution in [0, 0.1) is 16.7 Å². The fourth-order valence-electron chi connectivity index (χ4n) is 3.05. The summed E-state index contributed by atoms with van der Waals surface area (Å²) in [5, 5.41) is 0. The van der Waals surface area contributed by atoms with Gasteiger partial charge in [0, 0.05) is 6.42 Å². The van der Waals surface area contributed by atoms with Crippen LogP contribution in [0.15, 0.2) is 0 Å². The first-order chi connectivity index (χ1) is 7.17. The van der Waals surface area contributed by atoms with E-state index in [4.69, 9.17) is 4.74 Å². The third kappa shape index (κ3) is 3.06. The van der Waals surface area contributed by atoms with Crippen LogP contribution in [0.2, 0.25) is 0 Å². The van der Waals surface area contributed by atoms with Gasteiger partial charge in [-0.1, -0.05) is 27.7 Å². The summed E-state index contributed by atoms with van der Waals surface area (Å²) in [6, 6.07) is 0. The normalized spacial score (nSPS) is 28.3. The SMILES string of the molecule is COC(=O)C1CC(C)(C)CC(C)(C)CC1=O. The van der Waals surface area contributed by atoms with Crippen molar-refractivity contribution >= 4 is 11.8 Å². The van der Waals surface area contributed by atoms with Crippen LogP contribution >= 0.6 is 0 Å². The lowest BCUT2D eigenvalue weighted by atomic mass is 9.74. The standard InChI is InChI=1S/C13H22O3/c1-12(2)6-9(11(15)16-5)10(14)7-13(3,4)8-12/h9H,6-8H2,1-5H3. The number of esters is 1. The molecule has 0 aromatic rings. The Morgan fingerprint density at radius 3 is 2.31 bits per heavy atom. The highest BCUT2D eigenvalue weighted by molar-refractivity contribution is 5.99. The summed E-state index contributed by atoms with van der Waals surface area (Å²) in [6.45, 7) is 8.41. The Morgan fingerprint density at radius 1 is 1.25 bits per heavy atom. The van der Waals surface area contributed by atoms with E-state index in [9.17, 15) is 9.59 Å². The number of Topliss-reactive ketones (excluding diaryl/α,β-unsaturated/α-hetero) is 1. The predicted octanol–water partition coefficient (Wildman–Crippen LogP) is 2.58. The molecule has 3 nitrogen and oxygen atoms in total. The first-order valence-corrected chi connectivity index (χ1v) is 5.77. The molecule has 16 heavy (non-hydrogen) atoms. The van der Waals surface area contributed by atoms with E-state index in [0.717, 1.165) is 6.42 Å². The van der Waals surface area contributed by atoms with Crippen molar-refractivity contribution in [2.24, 2.45) is 16.7 Å². The van der Waals surface area contributed by atoms with Gasteiger partial charge in [0.1, 0.15) is 11.7 Å². The molecule has 0 aliphatic heterocycles. The van der Waals surface area contributed by atoms with Gasteiger partial charge in [-0.2, -0.15) is 0 Å². The highest BCUT2D eigenvalue weighted by atomic mass is 16.5. The van der Waals surface area contributed by atoms with Gasteiger partial charge in [0.05, 0.1) is 7.11 Å². The molecule has 92 valence electrons. The van der Waals surface area contributed by atoms with Gasteiger partial charge in [0.25, 0.3) is 0 Å². The third-order valence-corrected chi connectivity index (χ3v) is 3.24. The molecule has 0 amide bonds. The molecule has 1 saturated carbocycles. The van der Waals surface area contributed by atoms with Crippen LogP contribution in [-0.4, -0.2) is 18.9 Å². The highest BCUT2D eigenvalue weighted by Gasteiger charge is 2.42. The summed E-state index contributed by atoms with van der Waals surface area (Å²) in [5.41, 5.74) is -0.0160. The second kappa shape index (κ2) is 4.19. The van der Waals surface area contributed by atoms with Gasteiger partial charge in [-0.05, 0) is 23.7 Å². The molecule has 1 aliphatic rings. The van der Waals surface area contributed by atoms with E-state index in [-0.39, 0.29) is 22.6 Å². The van der Waals surface area contributed by atoms with Crippen molar-refractivity contribution in [3.63, 3.8) is 0 Å². The molecule has 1 fully saturated rings. The van der Waals surface area contributed by atoms with E-state index in [0.29, 0.717) is 12.8 Å². The van der Waals surface area contributed by atoms with E-state index in [1.165, 1.54) is 7.11 Å². The number of ether oxygens (including phenoxy) is 1. The molecule has 0 heterocycles. The molecule has 3 heteroatoms. The summed E-state index contributed by atoms with van der Waals surface area (Å²) in [6.07, 6.45) is 2.03. The Morgan fingerprint density at radius 2 is 1.81 bits per heavy atom. The lowest BCUT2D eigenvalue weighted by molar-refractivity contribution is -0.150. The van der Waals surface area contributed by atoms with Crippen LogP contribution in [0.3, 0.4) is 0 Å². The van der Waals surface area contributed by atoms with Gasteiger partial charge in [0.2, 0.25) is 0 Å². The van der Waals surface area contributed by atoms with Crippen molar-refractivity contribution < 1.29 is 14.3 Å². The van der Waals surface area contributed by atoms with E-state index < -0.39 is 5.92 Å². The number of hydrogen-bond donors (Lipinski definition) is 0. The molecular formula is C13H22O3. The largest absolute Gasteiger partial charge is 0.468 e. The zero-order chi connectivity index (χ0) is 12.6. The number of ketones is 1. The van der Waals surface area contributed by atoms with Gasteiger partial charge in [0.15, 0.2) is 0 Å². The lowest BCUT2D eigenvalue weighted by Gasteiger charge is -2.31. The maximum Gasteiger partial charge on any atom is 0.316 e. The Kier molecular flexibility index (Phi) is 3.46. The van der Waals surface area contributed by atoms with Gasteiger partial charge < -0.3 is 4.74 Å². The average Bonchev–Trinajstić information content (AvgIpc) is 2.17. The smallest absolute Gasteiger partial charge is 0.316 e. The fraction of sp³-hybridized carbons (Fsp3) is 0.846. The van der Waals surface area contributed by atoms with Crippen LogP contribution in [0.25, 0.3) is 0 Å². The monoisotopic (exact) mass is 226 g/mol. The van der Waals surface area contributed by atoms with Crippen molar-refractivity contribution in [2.75, 3.05) is 7.11 Å². The number of carbonyl (C=O) groups is 2. The highest BCUT2D eigenvalue weighted by Crippen LogP contribution is 2.44. The van der Waals surface area contributed by atoms with Crippen molar-refractivity contribution in [3.8, 4) is 0 Å². The molecule has 0 bridgehead atoms. The topological polar surface area (TPSA) is 43.4 Å². The summed E-state index contributed by atoms with van der Waals surface area (Å²) in [7, 11) is 1.35. The van der Waals surface area contributed by atoms with Gasteiger partial charge in [-0.3, -0.25) is 9.59 Å². The maximum absolute atomic E-state index is 12.0. The number of rotatable bonds is 1. The first-order valence-electron chi connectivity index (χ1n) is 5.77. The molecule has 0 aromatic carbocycles. The van der Waals surface area contributed by atoms with Crippen LogP contribution < -0.4 is 0 Å². The molecule has 0 N–H and O–H groups in total. The van der Waals surface area contributed by atoms with Crippen LogP contribution in [0.4, 0.5) is 0 Å². The summed E-state index contributed by atoms with van der Waals surface area (Å²) in [4.78, 5) is 23.6. The van der Waals surface area contributed by atoms with E-state index in [2.05, 4.69) is 27.7 Å². The minimum atomic E-state index is -0.568. The van der Waals surface area contributed by atoms with Gasteiger partial charge in [-0.25, -0.2) is 0 Å². The minimum Gasteiger partial charge on any atom is -0.468 e. The molecule has 1 unspecified atom stereocenters. The zero-order valence-corrected chi connectivity index (χ0v) is 10.9. The average molecular weight is 226 g/mol. The molecule has 0 radical (unpaired) electrons. The molecular weight excluding hydrogens is 204 g/mol. The van der Waals surface area contributed by atoms with Crippen LogP contribution in [0.1, 0.15) is 47.0 Å². The number of hydrogen-bond acceptors (Lipinski definition) is 3. The zero-order valence-electron chi connectivity index (χ0n) is 10.9. The summed E-state index contributed by atoms with van der Waals surface area (Å²) in [5.74, 6) is -0.917. The Bertz CT molecular complexity index is 302. The summed E-state index contributed by atoms with van der Waals surface area (Å²) < 4.78 is 4.72. The molecule has 1 aliphatic carbocycles. The fourth-order valence-corrected chi connectivity index (χ4v) is 3.05. The first kappa shape index (κ1) is 13.2. The Balaban J connectivity index is 2.97. The number of carbonyl (C=O) groups excluding carboxylic acids is 2. The van der Waals surface area contributed by atoms with E-state index in [1.807, 2.05) is 0 Å².